The second kappa shape index (κ2) is 21.5. The lowest BCUT2D eigenvalue weighted by atomic mass is 9.80. The van der Waals surface area contributed by atoms with E-state index in [1.54, 1.807) is 0 Å². The number of benzene rings is 4. The van der Waals surface area contributed by atoms with Crippen LogP contribution in [0.5, 0.6) is 46.0 Å². The van der Waals surface area contributed by atoms with E-state index in [0.29, 0.717) is 84.5 Å². The molecule has 4 aliphatic rings. The van der Waals surface area contributed by atoms with Crippen molar-refractivity contribution in [3.63, 3.8) is 0 Å². The van der Waals surface area contributed by atoms with E-state index in [1.165, 1.54) is 28.4 Å². The minimum absolute atomic E-state index is 0.160. The van der Waals surface area contributed by atoms with Gasteiger partial charge in [0.25, 0.3) is 0 Å². The Hall–Kier alpha value is -6.84. The summed E-state index contributed by atoms with van der Waals surface area (Å²) >= 11 is 0. The zero-order valence-electron chi connectivity index (χ0n) is 36.3. The van der Waals surface area contributed by atoms with Crippen LogP contribution in [-0.4, -0.2) is 79.5 Å². The Kier molecular flexibility index (Phi) is 15.2. The molecule has 8 rings (SSSR count). The van der Waals surface area contributed by atoms with Gasteiger partial charge < -0.3 is 56.8 Å². The first-order valence-corrected chi connectivity index (χ1v) is 21.0. The number of methoxy groups -OCH3 is 4. The van der Waals surface area contributed by atoms with Crippen LogP contribution in [0.25, 0.3) is 0 Å². The average molecular weight is 885 g/mol. The van der Waals surface area contributed by atoms with E-state index in [2.05, 4.69) is 0 Å². The maximum absolute atomic E-state index is 12.8. The number of fused-ring (bicyclic) bond motifs is 4. The quantitative estimate of drug-likeness (QED) is 0.0773. The van der Waals surface area contributed by atoms with Gasteiger partial charge >= 0.3 is 23.9 Å². The molecule has 0 saturated carbocycles. The van der Waals surface area contributed by atoms with Gasteiger partial charge in [-0.15, -0.1) is 0 Å². The Labute approximate surface area is 370 Å². The van der Waals surface area contributed by atoms with Crippen LogP contribution in [0.3, 0.4) is 0 Å². The number of carbonyl (C=O) groups excluding carboxylic acids is 4. The standard InChI is InChI=1S/2C24H26O8/c2*1-27-23(25)8-5-17(9-15-3-6-19-21(11-15)31-13-29-19)18(24(26)28-2)10-16-4-7-20-22(12-16)32-14-30-20/h2*3-4,6-7,11-12,17-18H,5,8-10,13-14H2,1-2H3/t2*17-,18-/m10/s1. The number of hydrogen-bond acceptors (Lipinski definition) is 16. The first-order chi connectivity index (χ1) is 31.1. The van der Waals surface area contributed by atoms with Gasteiger partial charge in [-0.05, 0) is 121 Å². The maximum Gasteiger partial charge on any atom is 0.309 e. The molecule has 0 radical (unpaired) electrons. The molecule has 16 nitrogen and oxygen atoms in total. The third-order valence-electron chi connectivity index (χ3n) is 11.7. The monoisotopic (exact) mass is 884 g/mol. The van der Waals surface area contributed by atoms with E-state index in [9.17, 15) is 19.2 Å². The summed E-state index contributed by atoms with van der Waals surface area (Å²) in [6.07, 6.45) is 3.40. The average Bonchev–Trinajstić information content (AvgIpc) is 4.17. The molecule has 64 heavy (non-hydrogen) atoms. The minimum atomic E-state index is -0.463. The van der Waals surface area contributed by atoms with E-state index < -0.39 is 11.8 Å². The van der Waals surface area contributed by atoms with Crippen LogP contribution in [0, 0.1) is 23.7 Å². The number of carbonyl (C=O) groups is 4. The van der Waals surface area contributed by atoms with E-state index in [1.807, 2.05) is 72.8 Å². The molecule has 4 aliphatic heterocycles. The summed E-state index contributed by atoms with van der Waals surface area (Å²) in [5.41, 5.74) is 3.84. The van der Waals surface area contributed by atoms with Crippen molar-refractivity contribution in [2.45, 2.75) is 51.4 Å². The highest BCUT2D eigenvalue weighted by Crippen LogP contribution is 2.39. The first kappa shape index (κ1) is 45.2. The Morgan fingerprint density at radius 1 is 0.406 bits per heavy atom. The maximum atomic E-state index is 12.8. The molecule has 340 valence electrons. The van der Waals surface area contributed by atoms with Gasteiger partial charge in [0.15, 0.2) is 46.0 Å². The zero-order valence-corrected chi connectivity index (χ0v) is 36.3. The number of ether oxygens (including phenoxy) is 12. The van der Waals surface area contributed by atoms with Crippen molar-refractivity contribution in [1.82, 2.24) is 0 Å². The van der Waals surface area contributed by atoms with Crippen molar-refractivity contribution in [1.29, 1.82) is 0 Å². The molecule has 0 aromatic heterocycles. The van der Waals surface area contributed by atoms with Gasteiger partial charge in [0.2, 0.25) is 27.2 Å². The lowest BCUT2D eigenvalue weighted by molar-refractivity contribution is -0.149. The molecule has 0 N–H and O–H groups in total. The molecule has 0 spiro atoms. The molecule has 4 atom stereocenters. The van der Waals surface area contributed by atoms with Crippen LogP contribution >= 0.6 is 0 Å². The molecule has 4 aromatic carbocycles. The van der Waals surface area contributed by atoms with Crippen LogP contribution in [0.15, 0.2) is 72.8 Å². The largest absolute Gasteiger partial charge is 0.469 e. The van der Waals surface area contributed by atoms with Crippen molar-refractivity contribution >= 4 is 23.9 Å². The second-order valence-corrected chi connectivity index (χ2v) is 15.6. The smallest absolute Gasteiger partial charge is 0.309 e. The predicted molar refractivity (Wildman–Crippen MR) is 226 cm³/mol. The lowest BCUT2D eigenvalue weighted by Crippen LogP contribution is -2.29. The summed E-state index contributed by atoms with van der Waals surface area (Å²) in [5.74, 6) is 2.94. The highest BCUT2D eigenvalue weighted by atomic mass is 16.7. The third kappa shape index (κ3) is 11.4. The SMILES string of the molecule is COC(=O)CC[C@@H](Cc1ccc2c(c1)OCO2)[C@H](Cc1ccc2c(c1)OCO2)C(=O)OC.COC(=O)CC[C@H](Cc1ccc2c(c1)OCO2)[C@@H](Cc1ccc2c(c1)OCO2)C(=O)OC. The van der Waals surface area contributed by atoms with Crippen LogP contribution in [-0.2, 0) is 63.8 Å². The minimum Gasteiger partial charge on any atom is -0.469 e. The molecule has 4 heterocycles. The summed E-state index contributed by atoms with van der Waals surface area (Å²) in [6, 6.07) is 22.8. The Morgan fingerprint density at radius 2 is 0.688 bits per heavy atom. The Morgan fingerprint density at radius 3 is 0.969 bits per heavy atom. The van der Waals surface area contributed by atoms with Gasteiger partial charge in [0.1, 0.15) is 0 Å². The summed E-state index contributed by atoms with van der Waals surface area (Å²) in [6.45, 7) is 0.759. The topological polar surface area (TPSA) is 179 Å². The molecule has 16 heteroatoms. The molecule has 0 saturated heterocycles. The molecule has 0 bridgehead atoms. The van der Waals surface area contributed by atoms with Crippen molar-refractivity contribution < 1.29 is 76.0 Å². The fourth-order valence-electron chi connectivity index (χ4n) is 8.27. The fraction of sp³-hybridized carbons (Fsp3) is 0.417. The predicted octanol–water partition coefficient (Wildman–Crippen LogP) is 6.58. The third-order valence-corrected chi connectivity index (χ3v) is 11.7. The van der Waals surface area contributed by atoms with Gasteiger partial charge in [0.05, 0.1) is 40.3 Å². The van der Waals surface area contributed by atoms with E-state index in [0.717, 1.165) is 22.3 Å². The number of rotatable bonds is 18. The van der Waals surface area contributed by atoms with Crippen LogP contribution in [0.1, 0.15) is 47.9 Å². The molecule has 0 unspecified atom stereocenters. The molecule has 0 fully saturated rings. The molecule has 0 aliphatic carbocycles. The van der Waals surface area contributed by atoms with Crippen molar-refractivity contribution in [3.05, 3.63) is 95.1 Å². The first-order valence-electron chi connectivity index (χ1n) is 21.0. The lowest BCUT2D eigenvalue weighted by Gasteiger charge is -2.25. The molecular formula is C48H52O16. The van der Waals surface area contributed by atoms with Crippen LogP contribution in [0.4, 0.5) is 0 Å². The normalized spacial score (nSPS) is 15.2. The molecule has 0 amide bonds. The fourth-order valence-corrected chi connectivity index (χ4v) is 8.27. The van der Waals surface area contributed by atoms with Gasteiger partial charge in [-0.25, -0.2) is 0 Å². The van der Waals surface area contributed by atoms with Gasteiger partial charge in [-0.1, -0.05) is 24.3 Å². The number of hydrogen-bond donors (Lipinski definition) is 0. The molecule has 4 aromatic rings. The summed E-state index contributed by atoms with van der Waals surface area (Å²) in [7, 11) is 5.49. The Bertz CT molecular complexity index is 2130. The van der Waals surface area contributed by atoms with Crippen LogP contribution < -0.4 is 37.9 Å². The van der Waals surface area contributed by atoms with E-state index >= 15 is 0 Å². The zero-order chi connectivity index (χ0) is 45.0. The summed E-state index contributed by atoms with van der Waals surface area (Å²) in [5, 5.41) is 0. The van der Waals surface area contributed by atoms with Gasteiger partial charge in [-0.2, -0.15) is 0 Å². The van der Waals surface area contributed by atoms with Gasteiger partial charge in [0, 0.05) is 12.8 Å². The number of esters is 4. The van der Waals surface area contributed by atoms with E-state index in [-0.39, 0.29) is 75.7 Å². The van der Waals surface area contributed by atoms with Crippen molar-refractivity contribution in [3.8, 4) is 46.0 Å². The van der Waals surface area contributed by atoms with Crippen molar-refractivity contribution in [2.75, 3.05) is 55.6 Å². The summed E-state index contributed by atoms with van der Waals surface area (Å²) in [4.78, 5) is 49.4. The van der Waals surface area contributed by atoms with Gasteiger partial charge in [-0.3, -0.25) is 19.2 Å². The van der Waals surface area contributed by atoms with E-state index in [4.69, 9.17) is 56.8 Å². The Balaban J connectivity index is 0.000000191. The highest BCUT2D eigenvalue weighted by Gasteiger charge is 2.33. The van der Waals surface area contributed by atoms with Crippen molar-refractivity contribution in [2.24, 2.45) is 23.7 Å². The van der Waals surface area contributed by atoms with Crippen LogP contribution in [0.2, 0.25) is 0 Å². The highest BCUT2D eigenvalue weighted by molar-refractivity contribution is 5.74. The second-order valence-electron chi connectivity index (χ2n) is 15.6. The summed E-state index contributed by atoms with van der Waals surface area (Å²) < 4.78 is 63.4. The molecular weight excluding hydrogens is 833 g/mol.